The number of benzene rings is 1. The van der Waals surface area contributed by atoms with Crippen molar-refractivity contribution in [1.82, 2.24) is 5.16 Å². The minimum Gasteiger partial charge on any atom is -0.364 e. The first-order valence-electron chi connectivity index (χ1n) is 4.72. The van der Waals surface area contributed by atoms with Gasteiger partial charge < -0.3 is 4.52 Å². The Morgan fingerprint density at radius 3 is 2.59 bits per heavy atom. The fourth-order valence-corrected chi connectivity index (χ4v) is 2.37. The van der Waals surface area contributed by atoms with Crippen molar-refractivity contribution in [3.8, 4) is 11.3 Å². The van der Waals surface area contributed by atoms with Gasteiger partial charge in [0.1, 0.15) is 18.2 Å². The summed E-state index contributed by atoms with van der Waals surface area (Å²) >= 11 is 0. The lowest BCUT2D eigenvalue weighted by molar-refractivity contribution is 0.112. The Bertz CT molecular complexity index is 644. The van der Waals surface area contributed by atoms with Gasteiger partial charge in [0.15, 0.2) is 9.84 Å². The third-order valence-electron chi connectivity index (χ3n) is 2.25. The Morgan fingerprint density at radius 2 is 2.06 bits per heavy atom. The molecule has 6 heteroatoms. The van der Waals surface area contributed by atoms with Crippen molar-refractivity contribution in [2.24, 2.45) is 0 Å². The first-order valence-corrected chi connectivity index (χ1v) is 6.61. The molecule has 0 spiro atoms. The third kappa shape index (κ3) is 2.26. The summed E-state index contributed by atoms with van der Waals surface area (Å²) in [5.41, 5.74) is 1.13. The molecular formula is C11H9NO4S. The highest BCUT2D eigenvalue weighted by Gasteiger charge is 2.16. The van der Waals surface area contributed by atoms with Crippen molar-refractivity contribution >= 4 is 16.1 Å². The monoisotopic (exact) mass is 251 g/mol. The maximum atomic E-state index is 11.6. The fourth-order valence-electron chi connectivity index (χ4n) is 1.50. The van der Waals surface area contributed by atoms with E-state index in [0.29, 0.717) is 23.1 Å². The molecule has 0 saturated carbocycles. The number of rotatable bonds is 3. The second-order valence-electron chi connectivity index (χ2n) is 3.53. The first-order chi connectivity index (χ1) is 8.02. The molecule has 0 unspecified atom stereocenters. The summed E-state index contributed by atoms with van der Waals surface area (Å²) in [5, 5.41) is 3.68. The molecule has 88 valence electrons. The highest BCUT2D eigenvalue weighted by molar-refractivity contribution is 7.90. The smallest absolute Gasteiger partial charge is 0.176 e. The molecule has 0 amide bonds. The van der Waals surface area contributed by atoms with Crippen molar-refractivity contribution in [2.45, 2.75) is 4.90 Å². The molecule has 1 aromatic heterocycles. The minimum absolute atomic E-state index is 0.122. The van der Waals surface area contributed by atoms with Gasteiger partial charge in [-0.1, -0.05) is 11.2 Å². The van der Waals surface area contributed by atoms with Gasteiger partial charge in [-0.3, -0.25) is 4.79 Å². The highest BCUT2D eigenvalue weighted by atomic mass is 32.2. The lowest BCUT2D eigenvalue weighted by Crippen LogP contribution is -2.01. The van der Waals surface area contributed by atoms with Crippen LogP contribution in [-0.4, -0.2) is 26.1 Å². The molecule has 1 aromatic carbocycles. The number of nitrogens with zero attached hydrogens (tertiary/aromatic N) is 1. The minimum atomic E-state index is -3.38. The largest absolute Gasteiger partial charge is 0.364 e. The first kappa shape index (κ1) is 11.5. The molecular weight excluding hydrogens is 242 g/mol. The predicted octanol–water partition coefficient (Wildman–Crippen LogP) is 1.56. The zero-order valence-corrected chi connectivity index (χ0v) is 9.77. The Balaban J connectivity index is 2.73. The standard InChI is InChI=1S/C11H9NO4S/c1-17(14,15)11-3-2-8(7-13)6-9(11)10-4-5-16-12-10/h2-7H,1H3. The average molecular weight is 251 g/mol. The zero-order chi connectivity index (χ0) is 12.5. The van der Waals surface area contributed by atoms with Crippen LogP contribution >= 0.6 is 0 Å². The lowest BCUT2D eigenvalue weighted by atomic mass is 10.1. The summed E-state index contributed by atoms with van der Waals surface area (Å²) in [5.74, 6) is 0. The van der Waals surface area contributed by atoms with Gasteiger partial charge in [0, 0.05) is 23.4 Å². The van der Waals surface area contributed by atoms with Crippen LogP contribution in [0.2, 0.25) is 0 Å². The van der Waals surface area contributed by atoms with Crippen LogP contribution in [-0.2, 0) is 9.84 Å². The van der Waals surface area contributed by atoms with Gasteiger partial charge in [-0.2, -0.15) is 0 Å². The summed E-state index contributed by atoms with van der Waals surface area (Å²) in [6.45, 7) is 0. The van der Waals surface area contributed by atoms with Gasteiger partial charge in [-0.05, 0) is 12.1 Å². The molecule has 0 aliphatic rings. The van der Waals surface area contributed by atoms with Crippen LogP contribution in [0.5, 0.6) is 0 Å². The summed E-state index contributed by atoms with van der Waals surface area (Å²) < 4.78 is 27.9. The molecule has 2 rings (SSSR count). The summed E-state index contributed by atoms with van der Waals surface area (Å²) in [6, 6.07) is 5.86. The SMILES string of the molecule is CS(=O)(=O)c1ccc(C=O)cc1-c1ccon1. The van der Waals surface area contributed by atoms with Gasteiger partial charge in [-0.25, -0.2) is 8.42 Å². The van der Waals surface area contributed by atoms with E-state index in [1.54, 1.807) is 6.07 Å². The molecule has 1 heterocycles. The molecule has 0 aliphatic carbocycles. The number of carbonyl (C=O) groups excluding carboxylic acids is 1. The van der Waals surface area contributed by atoms with Gasteiger partial charge in [0.05, 0.1) is 4.90 Å². The van der Waals surface area contributed by atoms with Crippen molar-refractivity contribution in [2.75, 3.05) is 6.26 Å². The number of sulfone groups is 1. The van der Waals surface area contributed by atoms with Crippen LogP contribution in [0.25, 0.3) is 11.3 Å². The van der Waals surface area contributed by atoms with Gasteiger partial charge >= 0.3 is 0 Å². The molecule has 0 atom stereocenters. The van der Waals surface area contributed by atoms with E-state index >= 15 is 0 Å². The molecule has 5 nitrogen and oxygen atoms in total. The van der Waals surface area contributed by atoms with E-state index in [4.69, 9.17) is 0 Å². The topological polar surface area (TPSA) is 77.2 Å². The van der Waals surface area contributed by atoms with E-state index in [9.17, 15) is 13.2 Å². The molecule has 0 bridgehead atoms. The van der Waals surface area contributed by atoms with E-state index in [1.807, 2.05) is 0 Å². The third-order valence-corrected chi connectivity index (χ3v) is 3.41. The van der Waals surface area contributed by atoms with Crippen LogP contribution in [0, 0.1) is 0 Å². The second-order valence-corrected chi connectivity index (χ2v) is 5.51. The Kier molecular flexibility index (Phi) is 2.81. The van der Waals surface area contributed by atoms with Gasteiger partial charge in [-0.15, -0.1) is 0 Å². The van der Waals surface area contributed by atoms with Crippen LogP contribution in [0.15, 0.2) is 39.9 Å². The van der Waals surface area contributed by atoms with Gasteiger partial charge in [0.2, 0.25) is 0 Å². The van der Waals surface area contributed by atoms with Crippen LogP contribution in [0.4, 0.5) is 0 Å². The van der Waals surface area contributed by atoms with E-state index in [2.05, 4.69) is 9.68 Å². The summed E-state index contributed by atoms with van der Waals surface area (Å²) in [6.07, 6.45) is 3.09. The van der Waals surface area contributed by atoms with Crippen LogP contribution in [0.1, 0.15) is 10.4 Å². The number of hydrogen-bond acceptors (Lipinski definition) is 5. The predicted molar refractivity (Wildman–Crippen MR) is 60.4 cm³/mol. The highest BCUT2D eigenvalue weighted by Crippen LogP contribution is 2.26. The Hall–Kier alpha value is -1.95. The molecule has 17 heavy (non-hydrogen) atoms. The average Bonchev–Trinajstić information content (AvgIpc) is 2.80. The zero-order valence-electron chi connectivity index (χ0n) is 8.95. The van der Waals surface area contributed by atoms with E-state index < -0.39 is 9.84 Å². The summed E-state index contributed by atoms with van der Waals surface area (Å²) in [7, 11) is -3.38. The Morgan fingerprint density at radius 1 is 1.29 bits per heavy atom. The maximum Gasteiger partial charge on any atom is 0.176 e. The lowest BCUT2D eigenvalue weighted by Gasteiger charge is -2.05. The van der Waals surface area contributed by atoms with Crippen molar-refractivity contribution in [1.29, 1.82) is 0 Å². The summed E-state index contributed by atoms with van der Waals surface area (Å²) in [4.78, 5) is 10.8. The van der Waals surface area contributed by atoms with Crippen molar-refractivity contribution in [3.05, 3.63) is 36.1 Å². The van der Waals surface area contributed by atoms with Crippen LogP contribution < -0.4 is 0 Å². The van der Waals surface area contributed by atoms with E-state index in [-0.39, 0.29) is 4.90 Å². The normalized spacial score (nSPS) is 11.4. The fraction of sp³-hybridized carbons (Fsp3) is 0.0909. The molecule has 2 aromatic rings. The van der Waals surface area contributed by atoms with E-state index in [1.165, 1.54) is 24.5 Å². The molecule has 0 N–H and O–H groups in total. The number of carbonyl (C=O) groups is 1. The molecule has 0 radical (unpaired) electrons. The molecule has 0 fully saturated rings. The van der Waals surface area contributed by atoms with Gasteiger partial charge in [0.25, 0.3) is 0 Å². The Labute approximate surface area is 98.0 Å². The number of aldehydes is 1. The van der Waals surface area contributed by atoms with Crippen LogP contribution in [0.3, 0.4) is 0 Å². The number of aromatic nitrogens is 1. The molecule has 0 saturated heterocycles. The van der Waals surface area contributed by atoms with Crippen molar-refractivity contribution in [3.63, 3.8) is 0 Å². The number of hydrogen-bond donors (Lipinski definition) is 0. The quantitative estimate of drug-likeness (QED) is 0.773. The second kappa shape index (κ2) is 4.14. The van der Waals surface area contributed by atoms with E-state index in [0.717, 1.165) is 6.26 Å². The van der Waals surface area contributed by atoms with Crippen molar-refractivity contribution < 1.29 is 17.7 Å². The molecule has 0 aliphatic heterocycles. The maximum absolute atomic E-state index is 11.6.